The lowest BCUT2D eigenvalue weighted by Gasteiger charge is -2.02. The van der Waals surface area contributed by atoms with Gasteiger partial charge in [0.05, 0.1) is 18.4 Å². The number of carbonyl (C=O) groups is 1. The zero-order chi connectivity index (χ0) is 14.4. The summed E-state index contributed by atoms with van der Waals surface area (Å²) in [5.41, 5.74) is 1.20. The molecule has 2 N–H and O–H groups in total. The highest BCUT2D eigenvalue weighted by Crippen LogP contribution is 2.08. The van der Waals surface area contributed by atoms with Crippen molar-refractivity contribution in [3.63, 3.8) is 0 Å². The molecule has 2 rings (SSSR count). The molecule has 20 heavy (non-hydrogen) atoms. The number of rotatable bonds is 3. The molecule has 2 aromatic heterocycles. The summed E-state index contributed by atoms with van der Waals surface area (Å²) >= 11 is 0. The van der Waals surface area contributed by atoms with E-state index in [9.17, 15) is 4.79 Å². The van der Waals surface area contributed by atoms with Crippen LogP contribution >= 0.6 is 0 Å². The Morgan fingerprint density at radius 3 is 3.10 bits per heavy atom. The van der Waals surface area contributed by atoms with E-state index in [1.165, 1.54) is 6.20 Å². The van der Waals surface area contributed by atoms with Crippen LogP contribution in [-0.2, 0) is 7.05 Å². The van der Waals surface area contributed by atoms with Gasteiger partial charge in [0.25, 0.3) is 5.91 Å². The van der Waals surface area contributed by atoms with Crippen molar-refractivity contribution in [2.75, 3.05) is 11.9 Å². The molecule has 0 bridgehead atoms. The van der Waals surface area contributed by atoms with Crippen LogP contribution in [-0.4, -0.2) is 32.4 Å². The first-order valence-corrected chi connectivity index (χ1v) is 6.05. The molecule has 0 saturated heterocycles. The van der Waals surface area contributed by atoms with E-state index in [-0.39, 0.29) is 12.5 Å². The SMILES string of the molecule is Cn1cc(C(=O)Nc2cc(C#CCCO)ccn2)cn1. The first-order valence-electron chi connectivity index (χ1n) is 6.05. The van der Waals surface area contributed by atoms with E-state index in [4.69, 9.17) is 5.11 Å². The maximum atomic E-state index is 11.9. The molecule has 0 radical (unpaired) electrons. The highest BCUT2D eigenvalue weighted by Gasteiger charge is 2.08. The van der Waals surface area contributed by atoms with Crippen LogP contribution in [0.2, 0.25) is 0 Å². The average molecular weight is 270 g/mol. The Balaban J connectivity index is 2.08. The molecular formula is C14H14N4O2. The molecule has 1 amide bonds. The molecule has 0 unspecified atom stereocenters. The number of hydrogen-bond donors (Lipinski definition) is 2. The number of aliphatic hydroxyl groups is 1. The Kier molecular flexibility index (Phi) is 4.47. The molecule has 2 aromatic rings. The normalized spacial score (nSPS) is 9.70. The van der Waals surface area contributed by atoms with E-state index in [2.05, 4.69) is 27.2 Å². The number of amides is 1. The van der Waals surface area contributed by atoms with Crippen molar-refractivity contribution >= 4 is 11.7 Å². The van der Waals surface area contributed by atoms with Crippen LogP contribution in [0.1, 0.15) is 22.3 Å². The van der Waals surface area contributed by atoms with Crippen LogP contribution < -0.4 is 5.32 Å². The zero-order valence-electron chi connectivity index (χ0n) is 11.0. The van der Waals surface area contributed by atoms with Gasteiger partial charge in [-0.05, 0) is 12.1 Å². The predicted octanol–water partition coefficient (Wildman–Crippen LogP) is 0.801. The van der Waals surface area contributed by atoms with Crippen molar-refractivity contribution < 1.29 is 9.90 Å². The number of carbonyl (C=O) groups excluding carboxylic acids is 1. The molecule has 0 spiro atoms. The number of aryl methyl sites for hydroxylation is 1. The van der Waals surface area contributed by atoms with Crippen LogP contribution in [0.5, 0.6) is 0 Å². The molecule has 2 heterocycles. The van der Waals surface area contributed by atoms with Crippen LogP contribution in [0.4, 0.5) is 5.82 Å². The molecular weight excluding hydrogens is 256 g/mol. The molecule has 0 fully saturated rings. The minimum absolute atomic E-state index is 0.0304. The average Bonchev–Trinajstić information content (AvgIpc) is 2.86. The Bertz CT molecular complexity index is 667. The lowest BCUT2D eigenvalue weighted by Crippen LogP contribution is -2.12. The highest BCUT2D eigenvalue weighted by atomic mass is 16.2. The largest absolute Gasteiger partial charge is 0.395 e. The summed E-state index contributed by atoms with van der Waals surface area (Å²) in [6.07, 6.45) is 5.10. The zero-order valence-corrected chi connectivity index (χ0v) is 11.0. The van der Waals surface area contributed by atoms with Gasteiger partial charge in [0.2, 0.25) is 0 Å². The topological polar surface area (TPSA) is 80.0 Å². The Labute approximate surface area is 116 Å². The molecule has 0 saturated carbocycles. The van der Waals surface area contributed by atoms with Crippen molar-refractivity contribution in [1.29, 1.82) is 0 Å². The number of nitrogens with one attached hydrogen (secondary N) is 1. The standard InChI is InChI=1S/C14H14N4O2/c1-18-10-12(9-16-18)14(20)17-13-8-11(5-6-15-13)4-2-3-7-19/h5-6,8-10,19H,3,7H2,1H3,(H,15,17,20). The second kappa shape index (κ2) is 6.50. The van der Waals surface area contributed by atoms with E-state index in [0.717, 1.165) is 5.56 Å². The second-order valence-corrected chi connectivity index (χ2v) is 4.06. The van der Waals surface area contributed by atoms with E-state index in [1.807, 2.05) is 0 Å². The van der Waals surface area contributed by atoms with Crippen molar-refractivity contribution in [3.05, 3.63) is 41.9 Å². The van der Waals surface area contributed by atoms with Crippen LogP contribution in [0.15, 0.2) is 30.7 Å². The van der Waals surface area contributed by atoms with Crippen LogP contribution in [0.3, 0.4) is 0 Å². The van der Waals surface area contributed by atoms with Crippen molar-refractivity contribution in [1.82, 2.24) is 14.8 Å². The fourth-order valence-electron chi connectivity index (χ4n) is 1.52. The molecule has 6 nitrogen and oxygen atoms in total. The van der Waals surface area contributed by atoms with Gasteiger partial charge in [-0.3, -0.25) is 9.48 Å². The van der Waals surface area contributed by atoms with Gasteiger partial charge in [0.1, 0.15) is 5.82 Å². The maximum Gasteiger partial charge on any atom is 0.260 e. The summed E-state index contributed by atoms with van der Waals surface area (Å²) in [5.74, 6) is 5.85. The minimum atomic E-state index is -0.272. The van der Waals surface area contributed by atoms with Gasteiger partial charge in [-0.1, -0.05) is 11.8 Å². The van der Waals surface area contributed by atoms with Crippen LogP contribution in [0.25, 0.3) is 0 Å². The summed E-state index contributed by atoms with van der Waals surface area (Å²) in [7, 11) is 1.74. The van der Waals surface area contributed by atoms with Crippen molar-refractivity contribution in [2.45, 2.75) is 6.42 Å². The molecule has 0 aliphatic carbocycles. The number of aliphatic hydroxyl groups excluding tert-OH is 1. The van der Waals surface area contributed by atoms with E-state index in [1.54, 1.807) is 36.3 Å². The van der Waals surface area contributed by atoms with E-state index in [0.29, 0.717) is 17.8 Å². The quantitative estimate of drug-likeness (QED) is 0.808. The Morgan fingerprint density at radius 2 is 2.40 bits per heavy atom. The second-order valence-electron chi connectivity index (χ2n) is 4.06. The third-order valence-electron chi connectivity index (χ3n) is 2.44. The molecule has 102 valence electrons. The number of anilines is 1. The van der Waals surface area contributed by atoms with Gasteiger partial charge in [0.15, 0.2) is 0 Å². The Hall–Kier alpha value is -2.65. The Morgan fingerprint density at radius 1 is 1.55 bits per heavy atom. The molecule has 0 aromatic carbocycles. The summed E-state index contributed by atoms with van der Waals surface area (Å²) in [5, 5.41) is 15.3. The van der Waals surface area contributed by atoms with Gasteiger partial charge in [-0.2, -0.15) is 5.10 Å². The van der Waals surface area contributed by atoms with Gasteiger partial charge < -0.3 is 10.4 Å². The molecule has 0 aliphatic heterocycles. The van der Waals surface area contributed by atoms with E-state index >= 15 is 0 Å². The van der Waals surface area contributed by atoms with Crippen LogP contribution in [0, 0.1) is 11.8 Å². The molecule has 0 aliphatic rings. The van der Waals surface area contributed by atoms with Crippen molar-refractivity contribution in [2.24, 2.45) is 7.05 Å². The predicted molar refractivity (Wildman–Crippen MR) is 74.0 cm³/mol. The maximum absolute atomic E-state index is 11.9. The molecule has 0 atom stereocenters. The number of hydrogen-bond acceptors (Lipinski definition) is 4. The smallest absolute Gasteiger partial charge is 0.260 e. The van der Waals surface area contributed by atoms with E-state index < -0.39 is 0 Å². The molecule has 6 heteroatoms. The third-order valence-corrected chi connectivity index (χ3v) is 2.44. The first-order chi connectivity index (χ1) is 9.69. The third kappa shape index (κ3) is 3.67. The summed E-state index contributed by atoms with van der Waals surface area (Å²) < 4.78 is 1.55. The number of nitrogens with zero attached hydrogens (tertiary/aromatic N) is 3. The first kappa shape index (κ1) is 13.8. The fraction of sp³-hybridized carbons (Fsp3) is 0.214. The van der Waals surface area contributed by atoms with Crippen molar-refractivity contribution in [3.8, 4) is 11.8 Å². The van der Waals surface area contributed by atoms with Gasteiger partial charge >= 0.3 is 0 Å². The lowest BCUT2D eigenvalue weighted by molar-refractivity contribution is 0.102. The van der Waals surface area contributed by atoms with Gasteiger partial charge in [-0.25, -0.2) is 4.98 Å². The lowest BCUT2D eigenvalue weighted by atomic mass is 10.2. The summed E-state index contributed by atoms with van der Waals surface area (Å²) in [4.78, 5) is 16.0. The highest BCUT2D eigenvalue weighted by molar-refractivity contribution is 6.03. The minimum Gasteiger partial charge on any atom is -0.395 e. The van der Waals surface area contributed by atoms with Gasteiger partial charge in [-0.15, -0.1) is 0 Å². The monoisotopic (exact) mass is 270 g/mol. The van der Waals surface area contributed by atoms with Gasteiger partial charge in [0, 0.05) is 31.4 Å². The number of pyridine rings is 1. The summed E-state index contributed by atoms with van der Waals surface area (Å²) in [6.45, 7) is 0.0304. The number of aromatic nitrogens is 3. The summed E-state index contributed by atoms with van der Waals surface area (Å²) in [6, 6.07) is 3.42. The fourth-order valence-corrected chi connectivity index (χ4v) is 1.52.